The smallest absolute Gasteiger partial charge is 0.334 e. The summed E-state index contributed by atoms with van der Waals surface area (Å²) in [5.74, 6) is 0.199. The Morgan fingerprint density at radius 1 is 1.18 bits per heavy atom. The number of hydrogen-bond donors (Lipinski definition) is 0. The van der Waals surface area contributed by atoms with Crippen molar-refractivity contribution < 1.29 is 18.0 Å². The zero-order chi connectivity index (χ0) is 15.9. The van der Waals surface area contributed by atoms with Crippen molar-refractivity contribution in [3.63, 3.8) is 0 Å². The van der Waals surface area contributed by atoms with E-state index in [1.165, 1.54) is 12.1 Å². The number of halogens is 3. The lowest BCUT2D eigenvalue weighted by atomic mass is 10.1. The predicted octanol–water partition coefficient (Wildman–Crippen LogP) is 2.44. The van der Waals surface area contributed by atoms with E-state index in [1.807, 2.05) is 6.92 Å². The number of hydrogen-bond acceptors (Lipinski definition) is 3. The average molecular weight is 310 g/mol. The molecule has 3 rings (SSSR count). The van der Waals surface area contributed by atoms with Crippen molar-refractivity contribution in [1.29, 1.82) is 0 Å². The molecule has 116 valence electrons. The van der Waals surface area contributed by atoms with Gasteiger partial charge in [0, 0.05) is 25.2 Å². The third-order valence-electron chi connectivity index (χ3n) is 3.65. The highest BCUT2D eigenvalue weighted by Crippen LogP contribution is 2.32. The number of benzene rings is 1. The summed E-state index contributed by atoms with van der Waals surface area (Å²) < 4.78 is 40.0. The van der Waals surface area contributed by atoms with Crippen molar-refractivity contribution in [2.75, 3.05) is 13.1 Å². The Morgan fingerprint density at radius 3 is 2.59 bits per heavy atom. The topological polar surface area (TPSA) is 51.0 Å². The van der Waals surface area contributed by atoms with Crippen molar-refractivity contribution in [3.05, 3.63) is 35.7 Å². The maximum Gasteiger partial charge on any atom is 0.416 e. The monoisotopic (exact) mass is 310 g/mol. The van der Waals surface area contributed by atoms with Crippen molar-refractivity contribution >= 4 is 5.91 Å². The van der Waals surface area contributed by atoms with E-state index in [0.717, 1.165) is 12.1 Å². The predicted molar refractivity (Wildman–Crippen MR) is 72.0 cm³/mol. The molecule has 8 heteroatoms. The first kappa shape index (κ1) is 14.6. The van der Waals surface area contributed by atoms with Crippen LogP contribution in [0.3, 0.4) is 0 Å². The Labute approximate surface area is 124 Å². The van der Waals surface area contributed by atoms with Gasteiger partial charge in [-0.15, -0.1) is 10.2 Å². The van der Waals surface area contributed by atoms with Crippen molar-refractivity contribution in [1.82, 2.24) is 19.7 Å². The third kappa shape index (κ3) is 2.34. The van der Waals surface area contributed by atoms with Gasteiger partial charge in [-0.05, 0) is 19.1 Å². The highest BCUT2D eigenvalue weighted by Gasteiger charge is 2.32. The van der Waals surface area contributed by atoms with Gasteiger partial charge >= 0.3 is 6.18 Å². The van der Waals surface area contributed by atoms with E-state index in [0.29, 0.717) is 25.2 Å². The standard InChI is InChI=1S/C14H13F3N4O/c1-2-20-6-7-21-11(18-19-12(21)13(20)22)9-4-3-5-10(8-9)14(15,16)17/h3-5,8H,2,6-7H2,1H3. The maximum absolute atomic E-state index is 12.8. The van der Waals surface area contributed by atoms with E-state index in [1.54, 1.807) is 9.47 Å². The number of carbonyl (C=O) groups excluding carboxylic acids is 1. The summed E-state index contributed by atoms with van der Waals surface area (Å²) in [6.07, 6.45) is -4.42. The Hall–Kier alpha value is -2.38. The van der Waals surface area contributed by atoms with Gasteiger partial charge in [0.1, 0.15) is 0 Å². The molecule has 0 fully saturated rings. The fraction of sp³-hybridized carbons (Fsp3) is 0.357. The molecule has 0 unspecified atom stereocenters. The summed E-state index contributed by atoms with van der Waals surface area (Å²) in [6, 6.07) is 4.88. The molecule has 0 atom stereocenters. The van der Waals surface area contributed by atoms with Crippen LogP contribution in [0.1, 0.15) is 23.1 Å². The summed E-state index contributed by atoms with van der Waals surface area (Å²) in [5.41, 5.74) is -0.453. The Morgan fingerprint density at radius 2 is 1.91 bits per heavy atom. The normalized spacial score (nSPS) is 15.1. The fourth-order valence-electron chi connectivity index (χ4n) is 2.49. The number of fused-ring (bicyclic) bond motifs is 1. The van der Waals surface area contributed by atoms with E-state index in [4.69, 9.17) is 0 Å². The highest BCUT2D eigenvalue weighted by atomic mass is 19.4. The van der Waals surface area contributed by atoms with Gasteiger partial charge in [0.15, 0.2) is 5.82 Å². The van der Waals surface area contributed by atoms with Crippen LogP contribution in [0.4, 0.5) is 13.2 Å². The number of aromatic nitrogens is 3. The molecule has 0 radical (unpaired) electrons. The second-order valence-corrected chi connectivity index (χ2v) is 4.96. The second-order valence-electron chi connectivity index (χ2n) is 4.96. The number of likely N-dealkylation sites (N-methyl/N-ethyl adjacent to an activating group) is 1. The Balaban J connectivity index is 2.03. The molecule has 1 aliphatic rings. The van der Waals surface area contributed by atoms with Crippen LogP contribution in [-0.2, 0) is 12.7 Å². The molecule has 2 heterocycles. The van der Waals surface area contributed by atoms with Gasteiger partial charge in [-0.3, -0.25) is 4.79 Å². The minimum atomic E-state index is -4.42. The van der Waals surface area contributed by atoms with Crippen molar-refractivity contribution in [2.24, 2.45) is 0 Å². The first-order chi connectivity index (χ1) is 10.4. The molecule has 0 bridgehead atoms. The van der Waals surface area contributed by atoms with Crippen LogP contribution >= 0.6 is 0 Å². The molecule has 0 saturated heterocycles. The van der Waals surface area contributed by atoms with Gasteiger partial charge in [0.2, 0.25) is 5.82 Å². The Bertz CT molecular complexity index is 723. The summed E-state index contributed by atoms with van der Waals surface area (Å²) >= 11 is 0. The zero-order valence-corrected chi connectivity index (χ0v) is 11.8. The minimum Gasteiger partial charge on any atom is -0.334 e. The lowest BCUT2D eigenvalue weighted by Gasteiger charge is -2.26. The first-order valence-corrected chi connectivity index (χ1v) is 6.82. The second kappa shape index (κ2) is 5.11. The van der Waals surface area contributed by atoms with Crippen LogP contribution < -0.4 is 0 Å². The van der Waals surface area contributed by atoms with Crippen LogP contribution in [-0.4, -0.2) is 38.7 Å². The van der Waals surface area contributed by atoms with Crippen LogP contribution in [0, 0.1) is 0 Å². The van der Waals surface area contributed by atoms with Crippen LogP contribution in [0.2, 0.25) is 0 Å². The fourth-order valence-corrected chi connectivity index (χ4v) is 2.49. The molecule has 1 aromatic carbocycles. The highest BCUT2D eigenvalue weighted by molar-refractivity contribution is 5.92. The molecular weight excluding hydrogens is 297 g/mol. The number of amides is 1. The van der Waals surface area contributed by atoms with Gasteiger partial charge < -0.3 is 9.47 Å². The van der Waals surface area contributed by atoms with E-state index in [2.05, 4.69) is 10.2 Å². The largest absolute Gasteiger partial charge is 0.416 e. The number of rotatable bonds is 2. The van der Waals surface area contributed by atoms with Crippen molar-refractivity contribution in [3.8, 4) is 11.4 Å². The van der Waals surface area contributed by atoms with Crippen molar-refractivity contribution in [2.45, 2.75) is 19.6 Å². The lowest BCUT2D eigenvalue weighted by Crippen LogP contribution is -2.40. The number of alkyl halides is 3. The number of nitrogens with zero attached hydrogens (tertiary/aromatic N) is 4. The van der Waals surface area contributed by atoms with Gasteiger partial charge in [0.05, 0.1) is 5.56 Å². The molecular formula is C14H13F3N4O. The quantitative estimate of drug-likeness (QED) is 0.856. The Kier molecular flexibility index (Phi) is 3.38. The molecule has 1 aromatic heterocycles. The van der Waals surface area contributed by atoms with Gasteiger partial charge in [-0.2, -0.15) is 13.2 Å². The summed E-state index contributed by atoms with van der Waals surface area (Å²) in [4.78, 5) is 13.8. The molecule has 0 aliphatic carbocycles. The van der Waals surface area contributed by atoms with E-state index < -0.39 is 11.7 Å². The molecule has 0 N–H and O–H groups in total. The summed E-state index contributed by atoms with van der Waals surface area (Å²) in [6.45, 7) is 3.38. The van der Waals surface area contributed by atoms with E-state index in [9.17, 15) is 18.0 Å². The molecule has 2 aromatic rings. The molecule has 0 spiro atoms. The maximum atomic E-state index is 12.8. The summed E-state index contributed by atoms with van der Waals surface area (Å²) in [5, 5.41) is 7.75. The van der Waals surface area contributed by atoms with Gasteiger partial charge in [0.25, 0.3) is 5.91 Å². The van der Waals surface area contributed by atoms with E-state index in [-0.39, 0.29) is 17.6 Å². The van der Waals surface area contributed by atoms with E-state index >= 15 is 0 Å². The van der Waals surface area contributed by atoms with Crippen LogP contribution in [0.25, 0.3) is 11.4 Å². The molecule has 1 aliphatic heterocycles. The van der Waals surface area contributed by atoms with Crippen LogP contribution in [0.5, 0.6) is 0 Å². The minimum absolute atomic E-state index is 0.167. The molecule has 5 nitrogen and oxygen atoms in total. The van der Waals surface area contributed by atoms with Gasteiger partial charge in [-0.25, -0.2) is 0 Å². The SMILES string of the molecule is CCN1CCn2c(nnc2-c2cccc(C(F)(F)F)c2)C1=O. The van der Waals surface area contributed by atoms with Gasteiger partial charge in [-0.1, -0.05) is 12.1 Å². The van der Waals surface area contributed by atoms with Crippen LogP contribution in [0.15, 0.2) is 24.3 Å². The molecule has 22 heavy (non-hydrogen) atoms. The average Bonchev–Trinajstić information content (AvgIpc) is 2.92. The first-order valence-electron chi connectivity index (χ1n) is 6.82. The zero-order valence-electron chi connectivity index (χ0n) is 11.8. The summed E-state index contributed by atoms with van der Waals surface area (Å²) in [7, 11) is 0. The molecule has 1 amide bonds. The number of carbonyl (C=O) groups is 1. The lowest BCUT2D eigenvalue weighted by molar-refractivity contribution is -0.137. The third-order valence-corrected chi connectivity index (χ3v) is 3.65. The molecule has 0 saturated carbocycles.